The Morgan fingerprint density at radius 2 is 1.80 bits per heavy atom. The number of unbranched alkanes of at least 4 members (excludes halogenated alkanes) is 1. The van der Waals surface area contributed by atoms with E-state index in [0.29, 0.717) is 0 Å². The standard InChI is InChI=1S/C12H27NO2/c1-5-6-7-13(8-10-14)9-11-15-12(2,3)4/h14H,5-11H2,1-4H3. The first-order chi connectivity index (χ1) is 6.99. The predicted octanol–water partition coefficient (Wildman–Crippen LogP) is 1.90. The van der Waals surface area contributed by atoms with E-state index in [9.17, 15) is 0 Å². The fourth-order valence-corrected chi connectivity index (χ4v) is 1.34. The second-order valence-electron chi connectivity index (χ2n) is 4.88. The molecule has 3 heteroatoms. The van der Waals surface area contributed by atoms with Crippen molar-refractivity contribution in [3.63, 3.8) is 0 Å². The summed E-state index contributed by atoms with van der Waals surface area (Å²) in [6, 6.07) is 0. The van der Waals surface area contributed by atoms with E-state index < -0.39 is 0 Å². The van der Waals surface area contributed by atoms with Crippen molar-refractivity contribution in [1.82, 2.24) is 4.90 Å². The highest BCUT2D eigenvalue weighted by molar-refractivity contribution is 4.61. The predicted molar refractivity (Wildman–Crippen MR) is 64.1 cm³/mol. The van der Waals surface area contributed by atoms with E-state index in [1.54, 1.807) is 0 Å². The molecule has 0 saturated carbocycles. The lowest BCUT2D eigenvalue weighted by atomic mass is 10.2. The summed E-state index contributed by atoms with van der Waals surface area (Å²) in [5, 5.41) is 8.91. The summed E-state index contributed by atoms with van der Waals surface area (Å²) in [4.78, 5) is 2.26. The first kappa shape index (κ1) is 14.9. The van der Waals surface area contributed by atoms with Crippen LogP contribution in [0.3, 0.4) is 0 Å². The van der Waals surface area contributed by atoms with Crippen LogP contribution < -0.4 is 0 Å². The maximum atomic E-state index is 8.91. The Kier molecular flexibility index (Phi) is 8.02. The normalized spacial score (nSPS) is 12.4. The van der Waals surface area contributed by atoms with E-state index in [1.165, 1.54) is 12.8 Å². The molecule has 0 aliphatic rings. The molecule has 0 fully saturated rings. The zero-order valence-electron chi connectivity index (χ0n) is 10.8. The largest absolute Gasteiger partial charge is 0.395 e. The summed E-state index contributed by atoms with van der Waals surface area (Å²) in [6.07, 6.45) is 2.39. The van der Waals surface area contributed by atoms with Crippen LogP contribution in [0.1, 0.15) is 40.5 Å². The van der Waals surface area contributed by atoms with Crippen molar-refractivity contribution in [2.75, 3.05) is 32.8 Å². The molecule has 15 heavy (non-hydrogen) atoms. The van der Waals surface area contributed by atoms with Gasteiger partial charge in [-0.15, -0.1) is 0 Å². The van der Waals surface area contributed by atoms with Crippen molar-refractivity contribution in [3.8, 4) is 0 Å². The lowest BCUT2D eigenvalue weighted by Gasteiger charge is -2.24. The van der Waals surface area contributed by atoms with Gasteiger partial charge < -0.3 is 9.84 Å². The molecule has 0 saturated heterocycles. The average molecular weight is 217 g/mol. The molecule has 92 valence electrons. The Hall–Kier alpha value is -0.120. The molecule has 0 aromatic rings. The molecule has 0 aromatic carbocycles. The fourth-order valence-electron chi connectivity index (χ4n) is 1.34. The summed E-state index contributed by atoms with van der Waals surface area (Å²) >= 11 is 0. The van der Waals surface area contributed by atoms with Gasteiger partial charge >= 0.3 is 0 Å². The van der Waals surface area contributed by atoms with E-state index in [-0.39, 0.29) is 12.2 Å². The van der Waals surface area contributed by atoms with Crippen LogP contribution >= 0.6 is 0 Å². The Bertz CT molecular complexity index is 143. The Morgan fingerprint density at radius 1 is 1.13 bits per heavy atom. The molecule has 0 aromatic heterocycles. The molecule has 0 amide bonds. The number of aliphatic hydroxyl groups excluding tert-OH is 1. The highest BCUT2D eigenvalue weighted by Gasteiger charge is 2.11. The number of hydrogen-bond acceptors (Lipinski definition) is 3. The van der Waals surface area contributed by atoms with Crippen LogP contribution in [-0.4, -0.2) is 48.5 Å². The van der Waals surface area contributed by atoms with Gasteiger partial charge in [0.05, 0.1) is 18.8 Å². The third kappa shape index (κ3) is 10.2. The van der Waals surface area contributed by atoms with Gasteiger partial charge in [0.2, 0.25) is 0 Å². The van der Waals surface area contributed by atoms with E-state index in [0.717, 1.165) is 26.2 Å². The van der Waals surface area contributed by atoms with Crippen LogP contribution in [0.15, 0.2) is 0 Å². The van der Waals surface area contributed by atoms with Crippen molar-refractivity contribution in [2.24, 2.45) is 0 Å². The van der Waals surface area contributed by atoms with Crippen LogP contribution in [0.2, 0.25) is 0 Å². The van der Waals surface area contributed by atoms with Crippen molar-refractivity contribution in [2.45, 2.75) is 46.1 Å². The van der Waals surface area contributed by atoms with Crippen molar-refractivity contribution >= 4 is 0 Å². The van der Waals surface area contributed by atoms with E-state index in [1.807, 2.05) is 0 Å². The maximum Gasteiger partial charge on any atom is 0.0600 e. The molecule has 0 aliphatic carbocycles. The quantitative estimate of drug-likeness (QED) is 0.674. The molecule has 0 atom stereocenters. The molecular formula is C12H27NO2. The van der Waals surface area contributed by atoms with Crippen LogP contribution in [0.4, 0.5) is 0 Å². The Balaban J connectivity index is 3.65. The minimum atomic E-state index is -0.0599. The van der Waals surface area contributed by atoms with Gasteiger partial charge in [-0.25, -0.2) is 0 Å². The smallest absolute Gasteiger partial charge is 0.0600 e. The summed E-state index contributed by atoms with van der Waals surface area (Å²) in [5.74, 6) is 0. The van der Waals surface area contributed by atoms with Crippen molar-refractivity contribution in [1.29, 1.82) is 0 Å². The van der Waals surface area contributed by atoms with Gasteiger partial charge in [0.25, 0.3) is 0 Å². The van der Waals surface area contributed by atoms with Crippen molar-refractivity contribution < 1.29 is 9.84 Å². The third-order valence-electron chi connectivity index (χ3n) is 2.19. The van der Waals surface area contributed by atoms with Gasteiger partial charge in [-0.3, -0.25) is 4.90 Å². The van der Waals surface area contributed by atoms with Crippen molar-refractivity contribution in [3.05, 3.63) is 0 Å². The van der Waals surface area contributed by atoms with Gasteiger partial charge in [-0.05, 0) is 33.7 Å². The van der Waals surface area contributed by atoms with Crippen LogP contribution in [0, 0.1) is 0 Å². The number of aliphatic hydroxyl groups is 1. The second kappa shape index (κ2) is 8.08. The number of rotatable bonds is 8. The van der Waals surface area contributed by atoms with E-state index in [4.69, 9.17) is 9.84 Å². The van der Waals surface area contributed by atoms with Gasteiger partial charge in [0.1, 0.15) is 0 Å². The molecule has 1 N–H and O–H groups in total. The highest BCUT2D eigenvalue weighted by Crippen LogP contribution is 2.06. The monoisotopic (exact) mass is 217 g/mol. The Labute approximate surface area is 94.4 Å². The second-order valence-corrected chi connectivity index (χ2v) is 4.88. The van der Waals surface area contributed by atoms with E-state index >= 15 is 0 Å². The maximum absolute atomic E-state index is 8.91. The molecule has 0 bridgehead atoms. The molecular weight excluding hydrogens is 190 g/mol. The summed E-state index contributed by atoms with van der Waals surface area (Å²) < 4.78 is 5.66. The van der Waals surface area contributed by atoms with Gasteiger partial charge in [0.15, 0.2) is 0 Å². The SMILES string of the molecule is CCCCN(CCO)CCOC(C)(C)C. The molecule has 0 rings (SSSR count). The summed E-state index contributed by atoms with van der Waals surface area (Å²) in [5.41, 5.74) is -0.0599. The van der Waals surface area contributed by atoms with Crippen LogP contribution in [-0.2, 0) is 4.74 Å². The molecule has 0 spiro atoms. The average Bonchev–Trinajstić information content (AvgIpc) is 2.12. The zero-order chi connectivity index (χ0) is 11.7. The number of ether oxygens (including phenoxy) is 1. The highest BCUT2D eigenvalue weighted by atomic mass is 16.5. The van der Waals surface area contributed by atoms with E-state index in [2.05, 4.69) is 32.6 Å². The van der Waals surface area contributed by atoms with Gasteiger partial charge in [0, 0.05) is 13.1 Å². The van der Waals surface area contributed by atoms with Crippen LogP contribution in [0.5, 0.6) is 0 Å². The zero-order valence-corrected chi connectivity index (χ0v) is 10.8. The lowest BCUT2D eigenvalue weighted by molar-refractivity contribution is -0.0143. The van der Waals surface area contributed by atoms with Gasteiger partial charge in [-0.2, -0.15) is 0 Å². The lowest BCUT2D eigenvalue weighted by Crippen LogP contribution is -2.33. The van der Waals surface area contributed by atoms with Gasteiger partial charge in [-0.1, -0.05) is 13.3 Å². The first-order valence-corrected chi connectivity index (χ1v) is 5.96. The number of nitrogens with zero attached hydrogens (tertiary/aromatic N) is 1. The fraction of sp³-hybridized carbons (Fsp3) is 1.00. The summed E-state index contributed by atoms with van der Waals surface area (Å²) in [6.45, 7) is 12.1. The first-order valence-electron chi connectivity index (χ1n) is 5.96. The van der Waals surface area contributed by atoms with Crippen LogP contribution in [0.25, 0.3) is 0 Å². The number of hydrogen-bond donors (Lipinski definition) is 1. The Morgan fingerprint density at radius 3 is 2.27 bits per heavy atom. The molecule has 0 heterocycles. The molecule has 0 aliphatic heterocycles. The molecule has 0 radical (unpaired) electrons. The third-order valence-corrected chi connectivity index (χ3v) is 2.19. The minimum absolute atomic E-state index is 0.0599. The molecule has 0 unspecified atom stereocenters. The minimum Gasteiger partial charge on any atom is -0.395 e. The molecule has 3 nitrogen and oxygen atoms in total. The topological polar surface area (TPSA) is 32.7 Å². The summed E-state index contributed by atoms with van der Waals surface area (Å²) in [7, 11) is 0.